The van der Waals surface area contributed by atoms with E-state index in [1.165, 1.54) is 13.1 Å². The maximum absolute atomic E-state index is 13.2. The Morgan fingerprint density at radius 2 is 1.91 bits per heavy atom. The van der Waals surface area contributed by atoms with Crippen LogP contribution in [0.4, 0.5) is 5.69 Å². The number of anilines is 1. The van der Waals surface area contributed by atoms with E-state index in [-0.39, 0.29) is 28.5 Å². The third-order valence-electron chi connectivity index (χ3n) is 7.31. The van der Waals surface area contributed by atoms with Gasteiger partial charge in [0.1, 0.15) is 0 Å². The first-order chi connectivity index (χ1) is 16.3. The molecule has 2 heterocycles. The molecule has 194 valence electrons. The molecular formula is C25H39N3O5SSi. The van der Waals surface area contributed by atoms with Crippen LogP contribution < -0.4 is 4.90 Å². The molecule has 1 aromatic carbocycles. The molecule has 0 bridgehead atoms. The maximum Gasteiger partial charge on any atom is 0.243 e. The number of carbonyl (C=O) groups excluding carboxylic acids is 1. The molecule has 0 unspecified atom stereocenters. The van der Waals surface area contributed by atoms with Gasteiger partial charge < -0.3 is 19.0 Å². The number of sulfonamides is 1. The van der Waals surface area contributed by atoms with Gasteiger partial charge in [-0.1, -0.05) is 26.7 Å². The Balaban J connectivity index is 1.72. The Morgan fingerprint density at radius 3 is 2.51 bits per heavy atom. The van der Waals surface area contributed by atoms with Crippen LogP contribution in [0.1, 0.15) is 32.8 Å². The molecule has 2 aliphatic rings. The van der Waals surface area contributed by atoms with Crippen LogP contribution in [0.2, 0.25) is 18.1 Å². The average Bonchev–Trinajstić information content (AvgIpc) is 3.25. The summed E-state index contributed by atoms with van der Waals surface area (Å²) >= 11 is 0. The highest BCUT2D eigenvalue weighted by molar-refractivity contribution is 7.89. The second-order valence-corrected chi connectivity index (χ2v) is 17.6. The number of rotatable bonds is 7. The minimum absolute atomic E-state index is 0.0831. The molecule has 3 rings (SSSR count). The molecule has 2 aliphatic heterocycles. The number of benzene rings is 1. The first-order valence-electron chi connectivity index (χ1n) is 12.1. The third-order valence-corrected chi connectivity index (χ3v) is 13.6. The lowest BCUT2D eigenvalue weighted by Crippen LogP contribution is -2.46. The van der Waals surface area contributed by atoms with Crippen molar-refractivity contribution >= 4 is 29.9 Å². The lowest BCUT2D eigenvalue weighted by atomic mass is 10.1. The molecule has 8 nitrogen and oxygen atoms in total. The number of amides is 1. The van der Waals surface area contributed by atoms with Crippen molar-refractivity contribution in [2.45, 2.75) is 56.3 Å². The van der Waals surface area contributed by atoms with E-state index in [1.807, 2.05) is 0 Å². The molecule has 0 N–H and O–H groups in total. The summed E-state index contributed by atoms with van der Waals surface area (Å²) in [6.07, 6.45) is 6.83. The van der Waals surface area contributed by atoms with Crippen molar-refractivity contribution in [2.24, 2.45) is 0 Å². The zero-order valence-electron chi connectivity index (χ0n) is 21.8. The molecule has 2 fully saturated rings. The predicted molar refractivity (Wildman–Crippen MR) is 140 cm³/mol. The van der Waals surface area contributed by atoms with Crippen molar-refractivity contribution in [1.82, 2.24) is 9.21 Å². The molecule has 35 heavy (non-hydrogen) atoms. The summed E-state index contributed by atoms with van der Waals surface area (Å²) in [7, 11) is -4.34. The van der Waals surface area contributed by atoms with Crippen LogP contribution in [-0.4, -0.2) is 90.9 Å². The predicted octanol–water partition coefficient (Wildman–Crippen LogP) is 2.75. The van der Waals surface area contributed by atoms with Crippen LogP contribution in [0.5, 0.6) is 0 Å². The molecule has 1 amide bonds. The van der Waals surface area contributed by atoms with Crippen molar-refractivity contribution < 1.29 is 22.4 Å². The second kappa shape index (κ2) is 10.6. The van der Waals surface area contributed by atoms with E-state index >= 15 is 0 Å². The van der Waals surface area contributed by atoms with Gasteiger partial charge in [0.15, 0.2) is 8.32 Å². The highest BCUT2D eigenvalue weighted by Crippen LogP contribution is 2.39. The zero-order chi connectivity index (χ0) is 26.0. The molecule has 0 radical (unpaired) electrons. The average molecular weight is 522 g/mol. The fourth-order valence-corrected chi connectivity index (χ4v) is 6.60. The molecular weight excluding hydrogens is 482 g/mol. The van der Waals surface area contributed by atoms with Crippen LogP contribution in [-0.2, 0) is 24.0 Å². The number of likely N-dealkylation sites (N-methyl/N-ethyl adjacent to an activating group) is 1. The SMILES string of the molecule is C#Cc1cc(S(=O)(=O)N(C)CC(=O)N2CCOCC2)ccc1N1CC[C@@H](O[Si](C)(C)C(C)(C)C)C1. The van der Waals surface area contributed by atoms with Gasteiger partial charge in [-0.3, -0.25) is 4.79 Å². The topological polar surface area (TPSA) is 79.4 Å². The van der Waals surface area contributed by atoms with Gasteiger partial charge in [-0.15, -0.1) is 6.42 Å². The van der Waals surface area contributed by atoms with Gasteiger partial charge in [0.05, 0.1) is 36.4 Å². The summed E-state index contributed by atoms with van der Waals surface area (Å²) in [4.78, 5) is 16.4. The first-order valence-corrected chi connectivity index (χ1v) is 16.5. The van der Waals surface area contributed by atoms with Crippen LogP contribution in [0, 0.1) is 12.3 Å². The normalized spacial score (nSPS) is 19.8. The quantitative estimate of drug-likeness (QED) is 0.406. The van der Waals surface area contributed by atoms with E-state index in [0.717, 1.165) is 29.5 Å². The second-order valence-electron chi connectivity index (χ2n) is 10.8. The smallest absolute Gasteiger partial charge is 0.243 e. The summed E-state index contributed by atoms with van der Waals surface area (Å²) in [6.45, 7) is 14.4. The number of hydrogen-bond donors (Lipinski definition) is 0. The molecule has 0 spiro atoms. The van der Waals surface area contributed by atoms with Crippen LogP contribution in [0.25, 0.3) is 0 Å². The minimum Gasteiger partial charge on any atom is -0.412 e. The monoisotopic (exact) mass is 521 g/mol. The molecule has 2 saturated heterocycles. The van der Waals surface area contributed by atoms with Gasteiger partial charge in [0.25, 0.3) is 0 Å². The Labute approximate surface area is 211 Å². The summed E-state index contributed by atoms with van der Waals surface area (Å²) < 4.78 is 39.3. The lowest BCUT2D eigenvalue weighted by molar-refractivity contribution is -0.135. The van der Waals surface area contributed by atoms with Gasteiger partial charge in [0.2, 0.25) is 15.9 Å². The van der Waals surface area contributed by atoms with E-state index in [0.29, 0.717) is 31.9 Å². The Hall–Kier alpha value is -1.90. The Bertz CT molecular complexity index is 1070. The van der Waals surface area contributed by atoms with Gasteiger partial charge in [0, 0.05) is 38.8 Å². The first kappa shape index (κ1) is 27.7. The third kappa shape index (κ3) is 6.27. The molecule has 10 heteroatoms. The number of nitrogens with zero attached hydrogens (tertiary/aromatic N) is 3. The summed E-state index contributed by atoms with van der Waals surface area (Å²) in [5, 5.41) is 0.135. The van der Waals surface area contributed by atoms with Crippen molar-refractivity contribution in [2.75, 3.05) is 57.9 Å². The highest BCUT2D eigenvalue weighted by Gasteiger charge is 2.40. The Morgan fingerprint density at radius 1 is 1.26 bits per heavy atom. The molecule has 0 aromatic heterocycles. The fraction of sp³-hybridized carbons (Fsp3) is 0.640. The maximum atomic E-state index is 13.2. The summed E-state index contributed by atoms with van der Waals surface area (Å²) in [5.41, 5.74) is 1.35. The number of ether oxygens (including phenoxy) is 1. The highest BCUT2D eigenvalue weighted by atomic mass is 32.2. The zero-order valence-corrected chi connectivity index (χ0v) is 23.7. The van der Waals surface area contributed by atoms with Crippen LogP contribution in [0.3, 0.4) is 0 Å². The molecule has 1 atom stereocenters. The largest absolute Gasteiger partial charge is 0.412 e. The van der Waals surface area contributed by atoms with Gasteiger partial charge in [-0.2, -0.15) is 4.31 Å². The number of terminal acetylenes is 1. The fourth-order valence-electron chi connectivity index (χ4n) is 4.07. The van der Waals surface area contributed by atoms with Gasteiger partial charge >= 0.3 is 0 Å². The standard InChI is InChI=1S/C25H39N3O5SSi/c1-8-20-17-22(34(30,31)26(5)19-24(29)27-13-15-32-16-14-27)9-10-23(20)28-12-11-21(18-28)33-35(6,7)25(2,3)4/h1,9-10,17,21H,11-16,18-19H2,2-7H3/t21-/m1/s1. The Kier molecular flexibility index (Phi) is 8.39. The van der Waals surface area contributed by atoms with E-state index in [4.69, 9.17) is 15.6 Å². The lowest BCUT2D eigenvalue weighted by Gasteiger charge is -2.38. The van der Waals surface area contributed by atoms with Crippen molar-refractivity contribution in [1.29, 1.82) is 0 Å². The molecule has 0 saturated carbocycles. The van der Waals surface area contributed by atoms with Crippen molar-refractivity contribution in [3.05, 3.63) is 23.8 Å². The van der Waals surface area contributed by atoms with E-state index in [2.05, 4.69) is 44.7 Å². The van der Waals surface area contributed by atoms with Crippen LogP contribution in [0.15, 0.2) is 23.1 Å². The van der Waals surface area contributed by atoms with Crippen LogP contribution >= 0.6 is 0 Å². The van der Waals surface area contributed by atoms with Crippen molar-refractivity contribution in [3.63, 3.8) is 0 Å². The minimum atomic E-state index is -3.88. The summed E-state index contributed by atoms with van der Waals surface area (Å²) in [5.74, 6) is 2.42. The number of morpholine rings is 1. The van der Waals surface area contributed by atoms with E-state index in [9.17, 15) is 13.2 Å². The van der Waals surface area contributed by atoms with Gasteiger partial charge in [-0.05, 0) is 42.8 Å². The van der Waals surface area contributed by atoms with Gasteiger partial charge in [-0.25, -0.2) is 8.42 Å². The molecule has 0 aliphatic carbocycles. The molecule has 1 aromatic rings. The summed E-state index contributed by atoms with van der Waals surface area (Å²) in [6, 6.07) is 4.88. The van der Waals surface area contributed by atoms with Crippen molar-refractivity contribution in [3.8, 4) is 12.3 Å². The van der Waals surface area contributed by atoms with E-state index in [1.54, 1.807) is 17.0 Å². The number of hydrogen-bond acceptors (Lipinski definition) is 6. The number of carbonyl (C=O) groups is 1. The van der Waals surface area contributed by atoms with E-state index < -0.39 is 18.3 Å².